The Bertz CT molecular complexity index is 3510. The van der Waals surface area contributed by atoms with Crippen LogP contribution in [0.3, 0.4) is 0 Å². The second kappa shape index (κ2) is 16.1. The number of imidazole rings is 1. The van der Waals surface area contributed by atoms with Gasteiger partial charge in [-0.3, -0.25) is 4.98 Å². The summed E-state index contributed by atoms with van der Waals surface area (Å²) in [6, 6.07) is 66.5. The number of fused-ring (bicyclic) bond motifs is 4. The Hall–Kier alpha value is -7.40. The van der Waals surface area contributed by atoms with Crippen molar-refractivity contribution in [1.29, 1.82) is 0 Å². The zero-order valence-electron chi connectivity index (χ0n) is 35.6. The van der Waals surface area contributed by atoms with E-state index in [1.54, 1.807) is 0 Å². The SMILES string of the molecule is CC(C)(C)c1ccc2c(c1)c1ccc(Oc3cccc(-n4[c](=[Pt])n(-c5c(-c6ccccc6)cccc5-c5ccccc5)c5ccccc54)c3)cc1n2-c1ccc(-c2ccncc2)cn1. The van der Waals surface area contributed by atoms with Crippen LogP contribution in [-0.4, -0.2) is 23.7 Å². The van der Waals surface area contributed by atoms with Crippen molar-refractivity contribution in [2.45, 2.75) is 26.2 Å². The molecule has 0 aliphatic carbocycles. The fraction of sp³-hybridized carbons (Fsp3) is 0.0702. The minimum atomic E-state index is -0.00123. The van der Waals surface area contributed by atoms with Gasteiger partial charge < -0.3 is 0 Å². The zero-order chi connectivity index (χ0) is 43.4. The Balaban J connectivity index is 1.03. The minimum absolute atomic E-state index is 0.00123. The topological polar surface area (TPSA) is 49.8 Å². The van der Waals surface area contributed by atoms with Gasteiger partial charge in [-0.25, -0.2) is 0 Å². The van der Waals surface area contributed by atoms with E-state index in [4.69, 9.17) is 9.72 Å². The smallest absolute Gasteiger partial charge is 0.265 e. The van der Waals surface area contributed by atoms with E-state index in [1.807, 2.05) is 36.8 Å². The molecule has 0 radical (unpaired) electrons. The van der Waals surface area contributed by atoms with Crippen LogP contribution in [0.25, 0.3) is 83.4 Å². The third-order valence-corrected chi connectivity index (χ3v) is 13.1. The molecule has 0 N–H and O–H groups in total. The van der Waals surface area contributed by atoms with E-state index < -0.39 is 0 Å². The minimum Gasteiger partial charge on any atom is -0.265 e. The molecule has 0 bridgehead atoms. The van der Waals surface area contributed by atoms with E-state index in [1.165, 1.54) is 10.9 Å². The molecular formula is C57H43N5OPt. The van der Waals surface area contributed by atoms with Gasteiger partial charge in [-0.2, -0.15) is 0 Å². The Kier molecular flexibility index (Phi) is 9.90. The van der Waals surface area contributed by atoms with Gasteiger partial charge in [0.1, 0.15) is 0 Å². The van der Waals surface area contributed by atoms with E-state index in [0.29, 0.717) is 0 Å². The summed E-state index contributed by atoms with van der Waals surface area (Å²) in [7, 11) is 0. The molecule has 0 saturated heterocycles. The van der Waals surface area contributed by atoms with Crippen molar-refractivity contribution in [3.8, 4) is 62.1 Å². The summed E-state index contributed by atoms with van der Waals surface area (Å²) < 4.78 is 14.9. The van der Waals surface area contributed by atoms with E-state index in [2.05, 4.69) is 229 Å². The van der Waals surface area contributed by atoms with Gasteiger partial charge in [0.15, 0.2) is 0 Å². The maximum atomic E-state index is 6.83. The van der Waals surface area contributed by atoms with E-state index in [0.717, 1.165) is 93.3 Å². The molecule has 64 heavy (non-hydrogen) atoms. The molecule has 0 spiro atoms. The summed E-state index contributed by atoms with van der Waals surface area (Å²) >= 11 is 2.50. The molecule has 312 valence electrons. The van der Waals surface area contributed by atoms with E-state index in [-0.39, 0.29) is 5.41 Å². The first-order valence-corrected chi connectivity index (χ1v) is 22.6. The van der Waals surface area contributed by atoms with Gasteiger partial charge in [0.25, 0.3) is 0 Å². The number of rotatable bonds is 8. The number of hydrogen-bond acceptors (Lipinski definition) is 3. The van der Waals surface area contributed by atoms with E-state index >= 15 is 0 Å². The van der Waals surface area contributed by atoms with Gasteiger partial charge in [0.2, 0.25) is 0 Å². The second-order valence-corrected chi connectivity index (χ2v) is 18.1. The summed E-state index contributed by atoms with van der Waals surface area (Å²) in [5, 5.41) is 2.33. The monoisotopic (exact) mass is 1010 g/mol. The quantitative estimate of drug-likeness (QED) is 0.152. The van der Waals surface area contributed by atoms with Crippen molar-refractivity contribution < 1.29 is 24.1 Å². The van der Waals surface area contributed by atoms with Crippen molar-refractivity contribution in [2.75, 3.05) is 0 Å². The molecular weight excluding hydrogens is 966 g/mol. The van der Waals surface area contributed by atoms with Crippen LogP contribution in [0.1, 0.15) is 26.3 Å². The molecule has 0 unspecified atom stereocenters. The number of hydrogen-bond donors (Lipinski definition) is 0. The van der Waals surface area contributed by atoms with Crippen LogP contribution in [-0.2, 0) is 24.8 Å². The number of pyridine rings is 2. The summed E-state index contributed by atoms with van der Waals surface area (Å²) in [6.45, 7) is 6.78. The predicted octanol–water partition coefficient (Wildman–Crippen LogP) is 14.5. The van der Waals surface area contributed by atoms with Crippen LogP contribution in [0, 0.1) is 3.80 Å². The standard InChI is InChI=1S/C57H43N5O.Pt/c1-57(2,3)43-25-28-51-50(34-43)49-27-26-46(36-54(49)62(51)55-29-24-42(37-59-55)39-30-32-58-33-31-39)63-45-19-12-18-44(35-45)60-38-61(53-23-11-10-22-52(53)60)56-47(40-14-6-4-7-15-40)20-13-21-48(56)41-16-8-5-9-17-41;/h4-37H,1-3H3;. The molecule has 0 aliphatic heterocycles. The van der Waals surface area contributed by atoms with Gasteiger partial charge in [0.05, 0.1) is 0 Å². The molecule has 11 rings (SSSR count). The van der Waals surface area contributed by atoms with Crippen LogP contribution in [0.2, 0.25) is 0 Å². The normalized spacial score (nSPS) is 11.8. The predicted molar refractivity (Wildman–Crippen MR) is 257 cm³/mol. The van der Waals surface area contributed by atoms with Crippen LogP contribution >= 0.6 is 0 Å². The Morgan fingerprint density at radius 3 is 1.80 bits per heavy atom. The van der Waals surface area contributed by atoms with Crippen LogP contribution in [0.5, 0.6) is 11.5 Å². The average molecular weight is 1010 g/mol. The molecule has 0 amide bonds. The van der Waals surface area contributed by atoms with E-state index in [9.17, 15) is 0 Å². The molecule has 0 aliphatic rings. The fourth-order valence-corrected chi connectivity index (χ4v) is 9.98. The van der Waals surface area contributed by atoms with Crippen LogP contribution in [0.15, 0.2) is 207 Å². The van der Waals surface area contributed by atoms with Crippen molar-refractivity contribution in [3.63, 3.8) is 0 Å². The van der Waals surface area contributed by atoms with Crippen LogP contribution < -0.4 is 4.74 Å². The first-order chi connectivity index (χ1) is 31.3. The maximum absolute atomic E-state index is 6.83. The third kappa shape index (κ3) is 7.01. The summed E-state index contributed by atoms with van der Waals surface area (Å²) in [4.78, 5) is 9.22. The first-order valence-electron chi connectivity index (χ1n) is 21.5. The Morgan fingerprint density at radius 1 is 0.469 bits per heavy atom. The van der Waals surface area contributed by atoms with Gasteiger partial charge >= 0.3 is 294 Å². The number of nitrogens with zero attached hydrogens (tertiary/aromatic N) is 5. The molecule has 0 saturated carbocycles. The van der Waals surface area contributed by atoms with Gasteiger partial charge in [-0.15, -0.1) is 0 Å². The molecule has 11 aromatic rings. The number of para-hydroxylation sites is 3. The Labute approximate surface area is 382 Å². The number of aromatic nitrogens is 5. The van der Waals surface area contributed by atoms with Crippen molar-refractivity contribution in [1.82, 2.24) is 23.7 Å². The first kappa shape index (κ1) is 39.4. The van der Waals surface area contributed by atoms with Gasteiger partial charge in [-0.1, -0.05) is 26.8 Å². The second-order valence-electron chi connectivity index (χ2n) is 17.1. The molecule has 4 aromatic heterocycles. The third-order valence-electron chi connectivity index (χ3n) is 12.0. The number of ether oxygens (including phenoxy) is 1. The summed E-state index contributed by atoms with van der Waals surface area (Å²) in [5.41, 5.74) is 14.5. The summed E-state index contributed by atoms with van der Waals surface area (Å²) in [6.07, 6.45) is 5.56. The Morgan fingerprint density at radius 2 is 1.12 bits per heavy atom. The average Bonchev–Trinajstić information content (AvgIpc) is 3.82. The molecule has 0 atom stereocenters. The molecule has 7 aromatic carbocycles. The van der Waals surface area contributed by atoms with Crippen LogP contribution in [0.4, 0.5) is 0 Å². The summed E-state index contributed by atoms with van der Waals surface area (Å²) in [5.74, 6) is 2.32. The zero-order valence-corrected chi connectivity index (χ0v) is 37.9. The molecule has 4 heterocycles. The fourth-order valence-electron chi connectivity index (χ4n) is 8.89. The van der Waals surface area contributed by atoms with Crippen molar-refractivity contribution >= 4 is 32.8 Å². The van der Waals surface area contributed by atoms with Gasteiger partial charge in [0, 0.05) is 24.2 Å². The molecule has 7 heteroatoms. The van der Waals surface area contributed by atoms with Gasteiger partial charge in [-0.05, 0) is 34.7 Å². The molecule has 6 nitrogen and oxygen atoms in total. The van der Waals surface area contributed by atoms with Crippen molar-refractivity contribution in [3.05, 3.63) is 216 Å². The van der Waals surface area contributed by atoms with Crippen molar-refractivity contribution in [2.24, 2.45) is 0 Å². The molecule has 0 fully saturated rings. The number of benzene rings is 7.